The fourth-order valence-corrected chi connectivity index (χ4v) is 1.88. The number of hydrogen-bond acceptors (Lipinski definition) is 4. The Labute approximate surface area is 105 Å². The number of hydrogen-bond donors (Lipinski definition) is 2. The number of thioether (sulfide) groups is 1. The molecule has 0 spiro atoms. The Bertz CT molecular complexity index is 329. The fraction of sp³-hybridized carbons (Fsp3) is 0.417. The summed E-state index contributed by atoms with van der Waals surface area (Å²) in [7, 11) is 0. The number of aliphatic hydroxyl groups is 1. The van der Waals surface area contributed by atoms with Crippen molar-refractivity contribution in [1.82, 2.24) is 0 Å². The molecule has 0 aliphatic heterocycles. The number of ether oxygens (including phenoxy) is 1. The van der Waals surface area contributed by atoms with Gasteiger partial charge in [-0.3, -0.25) is 4.79 Å². The molecule has 0 saturated carbocycles. The van der Waals surface area contributed by atoms with Crippen LogP contribution in [0.3, 0.4) is 0 Å². The lowest BCUT2D eigenvalue weighted by Gasteiger charge is -2.10. The highest BCUT2D eigenvalue weighted by Gasteiger charge is 2.06. The molecule has 1 rings (SSSR count). The Morgan fingerprint density at radius 1 is 1.35 bits per heavy atom. The third kappa shape index (κ3) is 6.99. The fourth-order valence-electron chi connectivity index (χ4n) is 1.22. The van der Waals surface area contributed by atoms with E-state index < -0.39 is 12.1 Å². The van der Waals surface area contributed by atoms with Crippen molar-refractivity contribution in [1.29, 1.82) is 0 Å². The highest BCUT2D eigenvalue weighted by molar-refractivity contribution is 7.99. The SMILES string of the molecule is O=C(O)CSCC(O)COCc1ccccc1. The summed E-state index contributed by atoms with van der Waals surface area (Å²) in [4.78, 5) is 10.2. The summed E-state index contributed by atoms with van der Waals surface area (Å²) in [5.74, 6) is -0.482. The Kier molecular flexibility index (Phi) is 6.69. The van der Waals surface area contributed by atoms with Gasteiger partial charge in [-0.05, 0) is 5.56 Å². The molecule has 0 aliphatic rings. The first-order valence-electron chi connectivity index (χ1n) is 5.27. The van der Waals surface area contributed by atoms with Crippen molar-refractivity contribution >= 4 is 17.7 Å². The van der Waals surface area contributed by atoms with E-state index in [1.807, 2.05) is 30.3 Å². The van der Waals surface area contributed by atoms with Crippen molar-refractivity contribution in [3.05, 3.63) is 35.9 Å². The minimum Gasteiger partial charge on any atom is -0.481 e. The number of carbonyl (C=O) groups is 1. The molecule has 0 amide bonds. The van der Waals surface area contributed by atoms with Crippen molar-refractivity contribution in [2.24, 2.45) is 0 Å². The summed E-state index contributed by atoms with van der Waals surface area (Å²) in [6.07, 6.45) is -0.622. The highest BCUT2D eigenvalue weighted by Crippen LogP contribution is 2.05. The van der Waals surface area contributed by atoms with E-state index >= 15 is 0 Å². The molecule has 0 heterocycles. The van der Waals surface area contributed by atoms with Crippen LogP contribution in [0, 0.1) is 0 Å². The second-order valence-electron chi connectivity index (χ2n) is 3.56. The van der Waals surface area contributed by atoms with Crippen molar-refractivity contribution in [2.75, 3.05) is 18.1 Å². The van der Waals surface area contributed by atoms with Crippen LogP contribution in [0.2, 0.25) is 0 Å². The predicted molar refractivity (Wildman–Crippen MR) is 67.1 cm³/mol. The standard InChI is InChI=1S/C12H16O4S/c13-11(8-17-9-12(14)15)7-16-6-10-4-2-1-3-5-10/h1-5,11,13H,6-9H2,(H,14,15). The van der Waals surface area contributed by atoms with Crippen LogP contribution in [-0.2, 0) is 16.1 Å². The van der Waals surface area contributed by atoms with Gasteiger partial charge in [0, 0.05) is 5.75 Å². The monoisotopic (exact) mass is 256 g/mol. The molecular formula is C12H16O4S. The zero-order valence-corrected chi connectivity index (χ0v) is 10.2. The van der Waals surface area contributed by atoms with Gasteiger partial charge in [0.25, 0.3) is 0 Å². The first kappa shape index (κ1) is 14.0. The van der Waals surface area contributed by atoms with Crippen molar-refractivity contribution in [3.8, 4) is 0 Å². The van der Waals surface area contributed by atoms with Gasteiger partial charge in [0.2, 0.25) is 0 Å². The van der Waals surface area contributed by atoms with E-state index in [-0.39, 0.29) is 12.4 Å². The Morgan fingerprint density at radius 2 is 2.06 bits per heavy atom. The number of aliphatic carboxylic acids is 1. The summed E-state index contributed by atoms with van der Waals surface area (Å²) >= 11 is 1.19. The second-order valence-corrected chi connectivity index (χ2v) is 4.59. The first-order chi connectivity index (χ1) is 8.18. The van der Waals surface area contributed by atoms with Gasteiger partial charge in [-0.1, -0.05) is 30.3 Å². The maximum atomic E-state index is 10.2. The van der Waals surface area contributed by atoms with Gasteiger partial charge < -0.3 is 14.9 Å². The summed E-state index contributed by atoms with van der Waals surface area (Å²) in [6, 6.07) is 9.69. The molecule has 0 saturated heterocycles. The van der Waals surface area contributed by atoms with Crippen LogP contribution in [0.15, 0.2) is 30.3 Å². The van der Waals surface area contributed by atoms with E-state index in [0.717, 1.165) is 5.56 Å². The smallest absolute Gasteiger partial charge is 0.313 e. The number of rotatable bonds is 8. The van der Waals surface area contributed by atoms with Crippen LogP contribution in [0.5, 0.6) is 0 Å². The normalized spacial score (nSPS) is 12.3. The maximum absolute atomic E-state index is 10.2. The predicted octanol–water partition coefficient (Wildman–Crippen LogP) is 1.38. The number of benzene rings is 1. The molecular weight excluding hydrogens is 240 g/mol. The molecule has 0 aromatic heterocycles. The quantitative estimate of drug-likeness (QED) is 0.735. The molecule has 1 unspecified atom stereocenters. The lowest BCUT2D eigenvalue weighted by Crippen LogP contribution is -2.18. The minimum absolute atomic E-state index is 0.00967. The minimum atomic E-state index is -0.868. The summed E-state index contributed by atoms with van der Waals surface area (Å²) in [5.41, 5.74) is 1.05. The van der Waals surface area contributed by atoms with Gasteiger partial charge in [0.05, 0.1) is 25.1 Å². The van der Waals surface area contributed by atoms with Gasteiger partial charge in [-0.25, -0.2) is 0 Å². The molecule has 2 N–H and O–H groups in total. The molecule has 1 aromatic rings. The second kappa shape index (κ2) is 8.11. The first-order valence-corrected chi connectivity index (χ1v) is 6.43. The van der Waals surface area contributed by atoms with E-state index in [4.69, 9.17) is 9.84 Å². The summed E-state index contributed by atoms with van der Waals surface area (Å²) in [6.45, 7) is 0.684. The molecule has 1 atom stereocenters. The van der Waals surface area contributed by atoms with E-state index in [9.17, 15) is 9.90 Å². The van der Waals surface area contributed by atoms with Gasteiger partial charge in [-0.2, -0.15) is 0 Å². The van der Waals surface area contributed by atoms with Gasteiger partial charge in [-0.15, -0.1) is 11.8 Å². The Balaban J connectivity index is 2.08. The zero-order chi connectivity index (χ0) is 12.5. The van der Waals surface area contributed by atoms with E-state index in [1.165, 1.54) is 11.8 Å². The number of aliphatic hydroxyl groups excluding tert-OH is 1. The van der Waals surface area contributed by atoms with Crippen LogP contribution in [0.4, 0.5) is 0 Å². The van der Waals surface area contributed by atoms with Crippen molar-refractivity contribution in [2.45, 2.75) is 12.7 Å². The molecule has 5 heteroatoms. The number of carboxylic acids is 1. The zero-order valence-electron chi connectivity index (χ0n) is 9.41. The largest absolute Gasteiger partial charge is 0.481 e. The summed E-state index contributed by atoms with van der Waals surface area (Å²) in [5, 5.41) is 17.9. The molecule has 0 radical (unpaired) electrons. The topological polar surface area (TPSA) is 66.8 Å². The third-order valence-electron chi connectivity index (χ3n) is 1.96. The van der Waals surface area contributed by atoms with Crippen LogP contribution in [0.25, 0.3) is 0 Å². The van der Waals surface area contributed by atoms with Gasteiger partial charge in [0.1, 0.15) is 0 Å². The molecule has 1 aromatic carbocycles. The molecule has 0 aliphatic carbocycles. The lowest BCUT2D eigenvalue weighted by molar-refractivity contribution is -0.133. The van der Waals surface area contributed by atoms with Crippen molar-refractivity contribution in [3.63, 3.8) is 0 Å². The van der Waals surface area contributed by atoms with Crippen molar-refractivity contribution < 1.29 is 19.7 Å². The van der Waals surface area contributed by atoms with Gasteiger partial charge in [0.15, 0.2) is 0 Å². The third-order valence-corrected chi connectivity index (χ3v) is 3.03. The molecule has 4 nitrogen and oxygen atoms in total. The highest BCUT2D eigenvalue weighted by atomic mass is 32.2. The average molecular weight is 256 g/mol. The van der Waals surface area contributed by atoms with E-state index in [2.05, 4.69) is 0 Å². The van der Waals surface area contributed by atoms with Crippen LogP contribution < -0.4 is 0 Å². The van der Waals surface area contributed by atoms with Crippen LogP contribution in [0.1, 0.15) is 5.56 Å². The molecule has 0 bridgehead atoms. The Hall–Kier alpha value is -1.04. The number of carboxylic acid groups (broad SMARTS) is 1. The molecule has 17 heavy (non-hydrogen) atoms. The Morgan fingerprint density at radius 3 is 2.71 bits per heavy atom. The van der Waals surface area contributed by atoms with Crippen LogP contribution >= 0.6 is 11.8 Å². The van der Waals surface area contributed by atoms with E-state index in [0.29, 0.717) is 12.4 Å². The molecule has 94 valence electrons. The maximum Gasteiger partial charge on any atom is 0.313 e. The average Bonchev–Trinajstić information content (AvgIpc) is 2.30. The van der Waals surface area contributed by atoms with Crippen LogP contribution in [-0.4, -0.2) is 40.4 Å². The van der Waals surface area contributed by atoms with Gasteiger partial charge >= 0.3 is 5.97 Å². The van der Waals surface area contributed by atoms with E-state index in [1.54, 1.807) is 0 Å². The lowest BCUT2D eigenvalue weighted by atomic mass is 10.2. The molecule has 0 fully saturated rings. The summed E-state index contributed by atoms with van der Waals surface area (Å²) < 4.78 is 5.33.